The monoisotopic (exact) mass is 424 g/mol. The molecule has 1 fully saturated rings. The van der Waals surface area contributed by atoms with Crippen molar-refractivity contribution in [2.75, 3.05) is 6.26 Å². The molecule has 3 rings (SSSR count). The van der Waals surface area contributed by atoms with Crippen molar-refractivity contribution in [3.63, 3.8) is 0 Å². The molecule has 0 N–H and O–H groups in total. The highest BCUT2D eigenvalue weighted by Gasteiger charge is 2.31. The molecular formula is C14H15ClFIN2S. The molecule has 1 saturated carbocycles. The Kier molecular flexibility index (Phi) is 4.48. The van der Waals surface area contributed by atoms with Crippen LogP contribution in [-0.4, -0.2) is 21.1 Å². The summed E-state index contributed by atoms with van der Waals surface area (Å²) in [5.41, 5.74) is 1.72. The number of fused-ring (bicyclic) bond motifs is 1. The summed E-state index contributed by atoms with van der Waals surface area (Å²) >= 11 is 9.96. The number of halogens is 3. The molecule has 1 heterocycles. The Hall–Kier alpha value is -0.0100. The third kappa shape index (κ3) is 2.46. The van der Waals surface area contributed by atoms with Crippen LogP contribution in [-0.2, 0) is 5.88 Å². The molecule has 2 aromatic rings. The number of nitrogens with zero attached hydrogens (tertiary/aromatic N) is 2. The number of benzene rings is 1. The predicted molar refractivity (Wildman–Crippen MR) is 92.2 cm³/mol. The summed E-state index contributed by atoms with van der Waals surface area (Å²) < 4.78 is 16.7. The molecule has 6 heteroatoms. The highest BCUT2D eigenvalue weighted by Crippen LogP contribution is 2.40. The normalized spacial score (nSPS) is 22.8. The predicted octanol–water partition coefficient (Wildman–Crippen LogP) is 4.98. The van der Waals surface area contributed by atoms with Crippen LogP contribution in [0, 0.1) is 9.39 Å². The topological polar surface area (TPSA) is 17.8 Å². The molecule has 1 aromatic carbocycles. The molecule has 1 aliphatic rings. The van der Waals surface area contributed by atoms with Gasteiger partial charge in [0.25, 0.3) is 0 Å². The van der Waals surface area contributed by atoms with Crippen LogP contribution in [0.4, 0.5) is 4.39 Å². The highest BCUT2D eigenvalue weighted by atomic mass is 127. The van der Waals surface area contributed by atoms with E-state index in [0.717, 1.165) is 23.3 Å². The van der Waals surface area contributed by atoms with E-state index in [2.05, 4.69) is 15.8 Å². The van der Waals surface area contributed by atoms with Crippen LogP contribution in [0.3, 0.4) is 0 Å². The van der Waals surface area contributed by atoms with Gasteiger partial charge in [-0.1, -0.05) is 6.42 Å². The second-order valence-corrected chi connectivity index (χ2v) is 7.57. The first-order valence-corrected chi connectivity index (χ1v) is 9.50. The molecular weight excluding hydrogens is 410 g/mol. The number of hydrogen-bond donors (Lipinski definition) is 0. The number of alkyl halides is 1. The van der Waals surface area contributed by atoms with Gasteiger partial charge in [0, 0.05) is 17.4 Å². The molecule has 20 heavy (non-hydrogen) atoms. The number of rotatable bonds is 3. The van der Waals surface area contributed by atoms with E-state index >= 15 is 0 Å². The number of aromatic nitrogens is 2. The second kappa shape index (κ2) is 6.01. The maximum atomic E-state index is 13.9. The van der Waals surface area contributed by atoms with E-state index in [1.54, 1.807) is 12.1 Å². The molecule has 0 aliphatic heterocycles. The lowest BCUT2D eigenvalue weighted by Gasteiger charge is -2.22. The van der Waals surface area contributed by atoms with E-state index in [9.17, 15) is 4.39 Å². The van der Waals surface area contributed by atoms with Gasteiger partial charge in [-0.3, -0.25) is 0 Å². The Morgan fingerprint density at radius 2 is 2.30 bits per heavy atom. The summed E-state index contributed by atoms with van der Waals surface area (Å²) in [5.74, 6) is 1.04. The van der Waals surface area contributed by atoms with Gasteiger partial charge in [-0.05, 0) is 47.8 Å². The van der Waals surface area contributed by atoms with E-state index in [1.807, 2.05) is 34.4 Å². The maximum absolute atomic E-state index is 13.9. The molecule has 2 nitrogen and oxygen atoms in total. The fourth-order valence-corrected chi connectivity index (χ4v) is 4.69. The Morgan fingerprint density at radius 3 is 3.00 bits per heavy atom. The van der Waals surface area contributed by atoms with Gasteiger partial charge in [0.1, 0.15) is 11.6 Å². The Morgan fingerprint density at radius 1 is 1.50 bits per heavy atom. The zero-order valence-electron chi connectivity index (χ0n) is 11.1. The van der Waals surface area contributed by atoms with Crippen LogP contribution >= 0.6 is 46.0 Å². The second-order valence-electron chi connectivity index (χ2n) is 5.06. The van der Waals surface area contributed by atoms with Gasteiger partial charge >= 0.3 is 0 Å². The lowest BCUT2D eigenvalue weighted by molar-refractivity contribution is 0.526. The quantitative estimate of drug-likeness (QED) is 0.511. The van der Waals surface area contributed by atoms with Crippen molar-refractivity contribution < 1.29 is 4.39 Å². The number of thioether (sulfide) groups is 1. The van der Waals surface area contributed by atoms with Crippen LogP contribution < -0.4 is 0 Å². The first kappa shape index (κ1) is 14.9. The first-order chi connectivity index (χ1) is 9.65. The number of imidazole rings is 1. The van der Waals surface area contributed by atoms with Crippen molar-refractivity contribution in [1.82, 2.24) is 9.55 Å². The molecule has 1 aliphatic carbocycles. The molecule has 2 unspecified atom stereocenters. The smallest absolute Gasteiger partial charge is 0.138 e. The maximum Gasteiger partial charge on any atom is 0.138 e. The lowest BCUT2D eigenvalue weighted by Crippen LogP contribution is -2.17. The highest BCUT2D eigenvalue weighted by molar-refractivity contribution is 14.1. The zero-order chi connectivity index (χ0) is 14.3. The molecule has 1 aromatic heterocycles. The summed E-state index contributed by atoms with van der Waals surface area (Å²) in [6.07, 6.45) is 5.69. The molecule has 2 atom stereocenters. The largest absolute Gasteiger partial charge is 0.323 e. The Bertz CT molecular complexity index is 646. The van der Waals surface area contributed by atoms with Crippen molar-refractivity contribution in [3.05, 3.63) is 27.3 Å². The first-order valence-electron chi connectivity index (χ1n) is 6.60. The molecule has 0 amide bonds. The molecule has 0 bridgehead atoms. The zero-order valence-corrected chi connectivity index (χ0v) is 14.8. The summed E-state index contributed by atoms with van der Waals surface area (Å²) in [7, 11) is 0. The van der Waals surface area contributed by atoms with Crippen molar-refractivity contribution >= 4 is 57.0 Å². The number of hydrogen-bond acceptors (Lipinski definition) is 2. The van der Waals surface area contributed by atoms with Crippen molar-refractivity contribution in [1.29, 1.82) is 0 Å². The van der Waals surface area contributed by atoms with Crippen molar-refractivity contribution in [3.8, 4) is 0 Å². The Labute approximate surface area is 140 Å². The van der Waals surface area contributed by atoms with Gasteiger partial charge in [0.2, 0.25) is 0 Å². The van der Waals surface area contributed by atoms with Crippen LogP contribution in [0.1, 0.15) is 31.1 Å². The van der Waals surface area contributed by atoms with Crippen LogP contribution in [0.2, 0.25) is 0 Å². The SMILES string of the molecule is CSC1CCCC1n1c(CCl)nc2cc(I)c(F)cc21. The van der Waals surface area contributed by atoms with E-state index in [0.29, 0.717) is 20.7 Å². The van der Waals surface area contributed by atoms with E-state index in [1.165, 1.54) is 12.8 Å². The van der Waals surface area contributed by atoms with Gasteiger partial charge in [0.15, 0.2) is 0 Å². The summed E-state index contributed by atoms with van der Waals surface area (Å²) in [6.45, 7) is 0. The van der Waals surface area contributed by atoms with Crippen LogP contribution in [0.15, 0.2) is 12.1 Å². The van der Waals surface area contributed by atoms with Gasteiger partial charge in [-0.2, -0.15) is 11.8 Å². The van der Waals surface area contributed by atoms with E-state index in [4.69, 9.17) is 11.6 Å². The summed E-state index contributed by atoms with van der Waals surface area (Å²) in [4.78, 5) is 4.60. The summed E-state index contributed by atoms with van der Waals surface area (Å²) in [6, 6.07) is 3.79. The van der Waals surface area contributed by atoms with Crippen molar-refractivity contribution in [2.24, 2.45) is 0 Å². The van der Waals surface area contributed by atoms with Crippen LogP contribution in [0.5, 0.6) is 0 Å². The fraction of sp³-hybridized carbons (Fsp3) is 0.500. The van der Waals surface area contributed by atoms with Crippen LogP contribution in [0.25, 0.3) is 11.0 Å². The minimum Gasteiger partial charge on any atom is -0.323 e. The van der Waals surface area contributed by atoms with Crippen molar-refractivity contribution in [2.45, 2.75) is 36.4 Å². The molecule has 108 valence electrons. The van der Waals surface area contributed by atoms with Gasteiger partial charge in [-0.15, -0.1) is 11.6 Å². The molecule has 0 radical (unpaired) electrons. The molecule has 0 saturated heterocycles. The minimum atomic E-state index is -0.181. The van der Waals surface area contributed by atoms with E-state index in [-0.39, 0.29) is 5.82 Å². The average molecular weight is 425 g/mol. The Balaban J connectivity index is 2.19. The van der Waals surface area contributed by atoms with Gasteiger partial charge < -0.3 is 4.57 Å². The standard InChI is InChI=1S/C14H15ClFIN2S/c1-20-13-4-2-3-11(13)19-12-5-8(16)9(17)6-10(12)18-14(19)7-15/h5-6,11,13H,2-4,7H2,1H3. The third-order valence-electron chi connectivity index (χ3n) is 3.98. The van der Waals surface area contributed by atoms with Gasteiger partial charge in [0.05, 0.1) is 20.5 Å². The third-order valence-corrected chi connectivity index (χ3v) is 6.20. The minimum absolute atomic E-state index is 0.181. The fourth-order valence-electron chi connectivity index (χ4n) is 3.08. The van der Waals surface area contributed by atoms with Gasteiger partial charge in [-0.25, -0.2) is 9.37 Å². The van der Waals surface area contributed by atoms with E-state index < -0.39 is 0 Å². The average Bonchev–Trinajstić information content (AvgIpc) is 3.02. The molecule has 0 spiro atoms. The lowest BCUT2D eigenvalue weighted by atomic mass is 10.2. The summed E-state index contributed by atoms with van der Waals surface area (Å²) in [5, 5.41) is 0.566.